The number of anilines is 1. The number of hydrogen-bond donors (Lipinski definition) is 0. The topological polar surface area (TPSA) is 20.3 Å². The molecule has 2 nitrogen and oxygen atoms in total. The summed E-state index contributed by atoms with van der Waals surface area (Å²) in [7, 11) is 0. The van der Waals surface area contributed by atoms with Crippen molar-refractivity contribution in [2.24, 2.45) is 0 Å². The molecule has 1 aliphatic heterocycles. The molecule has 0 amide bonds. The van der Waals surface area contributed by atoms with Crippen LogP contribution >= 0.6 is 0 Å². The van der Waals surface area contributed by atoms with Gasteiger partial charge in [0.25, 0.3) is 0 Å². The first-order chi connectivity index (χ1) is 8.40. The number of nitrogens with zero attached hydrogens (tertiary/aromatic N) is 1. The minimum atomic E-state index is -0.424. The van der Waals surface area contributed by atoms with Crippen LogP contribution in [0.1, 0.15) is 56.0 Å². The van der Waals surface area contributed by atoms with Crippen LogP contribution < -0.4 is 4.90 Å². The molecule has 1 aromatic carbocycles. The molecule has 0 spiro atoms. The smallest absolute Gasteiger partial charge is 0.153 e. The van der Waals surface area contributed by atoms with Gasteiger partial charge in [-0.2, -0.15) is 0 Å². The maximum atomic E-state index is 13.8. The van der Waals surface area contributed by atoms with Crippen LogP contribution in [0.25, 0.3) is 0 Å². The van der Waals surface area contributed by atoms with Gasteiger partial charge >= 0.3 is 0 Å². The van der Waals surface area contributed by atoms with Crippen molar-refractivity contribution >= 4 is 12.0 Å². The lowest BCUT2D eigenvalue weighted by molar-refractivity contribution is 0.111. The molecule has 0 unspecified atom stereocenters. The molecule has 18 heavy (non-hydrogen) atoms. The monoisotopic (exact) mass is 249 g/mol. The first-order valence-corrected chi connectivity index (χ1v) is 6.47. The van der Waals surface area contributed by atoms with Crippen molar-refractivity contribution in [3.63, 3.8) is 0 Å². The lowest BCUT2D eigenvalue weighted by Crippen LogP contribution is -2.48. The molecule has 0 aromatic heterocycles. The number of halogens is 1. The van der Waals surface area contributed by atoms with Gasteiger partial charge in [0.2, 0.25) is 0 Å². The van der Waals surface area contributed by atoms with Gasteiger partial charge in [0.15, 0.2) is 6.29 Å². The fraction of sp³-hybridized carbons (Fsp3) is 0.533. The van der Waals surface area contributed by atoms with Crippen molar-refractivity contribution < 1.29 is 9.18 Å². The summed E-state index contributed by atoms with van der Waals surface area (Å²) in [4.78, 5) is 13.1. The van der Waals surface area contributed by atoms with Gasteiger partial charge in [-0.05, 0) is 50.8 Å². The first-order valence-electron chi connectivity index (χ1n) is 6.47. The molecule has 3 heteroatoms. The van der Waals surface area contributed by atoms with Crippen molar-refractivity contribution in [2.75, 3.05) is 11.4 Å². The van der Waals surface area contributed by atoms with E-state index in [0.717, 1.165) is 24.2 Å². The third-order valence-electron chi connectivity index (χ3n) is 3.95. The third-order valence-corrected chi connectivity index (χ3v) is 3.95. The molecule has 2 rings (SSSR count). The fourth-order valence-electron chi connectivity index (χ4n) is 3.21. The van der Waals surface area contributed by atoms with E-state index < -0.39 is 5.82 Å². The van der Waals surface area contributed by atoms with Crippen LogP contribution in [0.15, 0.2) is 12.1 Å². The quantitative estimate of drug-likeness (QED) is 0.744. The number of hydrogen-bond acceptors (Lipinski definition) is 2. The average Bonchev–Trinajstić information content (AvgIpc) is 2.27. The Kier molecular flexibility index (Phi) is 3.18. The number of carbonyl (C=O) groups excluding carboxylic acids is 1. The highest BCUT2D eigenvalue weighted by Crippen LogP contribution is 2.43. The molecule has 0 radical (unpaired) electrons. The first kappa shape index (κ1) is 13.1. The van der Waals surface area contributed by atoms with Crippen LogP contribution in [0.2, 0.25) is 0 Å². The summed E-state index contributed by atoms with van der Waals surface area (Å²) in [6, 6.07) is 3.22. The van der Waals surface area contributed by atoms with Crippen molar-refractivity contribution in [3.8, 4) is 0 Å². The van der Waals surface area contributed by atoms with Crippen LogP contribution in [-0.4, -0.2) is 18.4 Å². The van der Waals surface area contributed by atoms with Crippen molar-refractivity contribution in [2.45, 2.75) is 45.6 Å². The summed E-state index contributed by atoms with van der Waals surface area (Å²) in [6.45, 7) is 9.42. The number of fused-ring (bicyclic) bond motifs is 1. The molecule has 0 bridgehead atoms. The van der Waals surface area contributed by atoms with E-state index in [9.17, 15) is 9.18 Å². The van der Waals surface area contributed by atoms with Crippen molar-refractivity contribution in [1.82, 2.24) is 0 Å². The second-order valence-corrected chi connectivity index (χ2v) is 5.71. The number of carbonyl (C=O) groups is 1. The standard InChI is InChI=1S/C15H20FNO/c1-5-17-14-7-13(16)11(9-18)6-12(14)10(2)8-15(17,3)4/h6-7,9-10H,5,8H2,1-4H3/t10-/m1/s1. The van der Waals surface area contributed by atoms with E-state index in [1.54, 1.807) is 6.07 Å². The van der Waals surface area contributed by atoms with Crippen LogP contribution in [0.3, 0.4) is 0 Å². The molecule has 1 atom stereocenters. The van der Waals surface area contributed by atoms with Crippen molar-refractivity contribution in [3.05, 3.63) is 29.1 Å². The zero-order chi connectivity index (χ0) is 13.5. The SMILES string of the molecule is CCN1c2cc(F)c(C=O)cc2[C@H](C)CC1(C)C. The summed E-state index contributed by atoms with van der Waals surface area (Å²) in [5.41, 5.74) is 2.21. The molecular weight excluding hydrogens is 229 g/mol. The van der Waals surface area contributed by atoms with Gasteiger partial charge in [0, 0.05) is 17.8 Å². The second kappa shape index (κ2) is 4.38. The van der Waals surface area contributed by atoms with Gasteiger partial charge in [-0.3, -0.25) is 4.79 Å². The zero-order valence-corrected chi connectivity index (χ0v) is 11.5. The molecule has 0 saturated heterocycles. The molecule has 0 fully saturated rings. The summed E-state index contributed by atoms with van der Waals surface area (Å²) in [5.74, 6) is -0.0794. The van der Waals surface area contributed by atoms with E-state index in [1.807, 2.05) is 0 Å². The van der Waals surface area contributed by atoms with E-state index in [-0.39, 0.29) is 11.1 Å². The molecule has 1 aromatic rings. The molecule has 98 valence electrons. The Morgan fingerprint density at radius 1 is 1.50 bits per heavy atom. The molecular formula is C15H20FNO. The average molecular weight is 249 g/mol. The summed E-state index contributed by atoms with van der Waals surface area (Å²) in [6.07, 6.45) is 1.61. The molecule has 0 aliphatic carbocycles. The van der Waals surface area contributed by atoms with E-state index in [1.165, 1.54) is 6.07 Å². The minimum Gasteiger partial charge on any atom is -0.366 e. The van der Waals surface area contributed by atoms with Gasteiger partial charge in [-0.25, -0.2) is 4.39 Å². The maximum absolute atomic E-state index is 13.8. The Balaban J connectivity index is 2.62. The van der Waals surface area contributed by atoms with E-state index in [4.69, 9.17) is 0 Å². The predicted octanol–water partition coefficient (Wildman–Crippen LogP) is 3.75. The van der Waals surface area contributed by atoms with E-state index >= 15 is 0 Å². The van der Waals surface area contributed by atoms with Crippen molar-refractivity contribution in [1.29, 1.82) is 0 Å². The van der Waals surface area contributed by atoms with Gasteiger partial charge < -0.3 is 4.90 Å². The normalized spacial score (nSPS) is 21.6. The minimum absolute atomic E-state index is 0.0241. The summed E-state index contributed by atoms with van der Waals surface area (Å²) >= 11 is 0. The maximum Gasteiger partial charge on any atom is 0.153 e. The zero-order valence-electron chi connectivity index (χ0n) is 11.5. The van der Waals surface area contributed by atoms with Gasteiger partial charge in [-0.1, -0.05) is 6.92 Å². The lowest BCUT2D eigenvalue weighted by Gasteiger charge is -2.47. The Morgan fingerprint density at radius 3 is 2.72 bits per heavy atom. The molecule has 1 aliphatic rings. The van der Waals surface area contributed by atoms with Crippen LogP contribution in [0.5, 0.6) is 0 Å². The van der Waals surface area contributed by atoms with Gasteiger partial charge in [0.1, 0.15) is 5.82 Å². The highest BCUT2D eigenvalue weighted by Gasteiger charge is 2.36. The largest absolute Gasteiger partial charge is 0.366 e. The van der Waals surface area contributed by atoms with E-state index in [2.05, 4.69) is 32.6 Å². The highest BCUT2D eigenvalue weighted by atomic mass is 19.1. The van der Waals surface area contributed by atoms with Crippen LogP contribution in [-0.2, 0) is 0 Å². The number of aldehydes is 1. The Labute approximate surface area is 108 Å². The predicted molar refractivity (Wildman–Crippen MR) is 71.9 cm³/mol. The lowest BCUT2D eigenvalue weighted by atomic mass is 9.79. The second-order valence-electron chi connectivity index (χ2n) is 5.71. The Morgan fingerprint density at radius 2 is 2.17 bits per heavy atom. The Bertz CT molecular complexity index is 482. The number of benzene rings is 1. The van der Waals surface area contributed by atoms with Gasteiger partial charge in [0.05, 0.1) is 5.56 Å². The summed E-state index contributed by atoms with van der Waals surface area (Å²) in [5, 5.41) is 0. The molecule has 1 heterocycles. The number of rotatable bonds is 2. The van der Waals surface area contributed by atoms with Crippen LogP contribution in [0.4, 0.5) is 10.1 Å². The van der Waals surface area contributed by atoms with Gasteiger partial charge in [-0.15, -0.1) is 0 Å². The summed E-state index contributed by atoms with van der Waals surface area (Å²) < 4.78 is 13.8. The third kappa shape index (κ3) is 1.92. The molecule has 0 N–H and O–H groups in total. The van der Waals surface area contributed by atoms with Crippen LogP contribution in [0, 0.1) is 5.82 Å². The Hall–Kier alpha value is -1.38. The molecule has 0 saturated carbocycles. The van der Waals surface area contributed by atoms with E-state index in [0.29, 0.717) is 12.2 Å². The fourth-order valence-corrected chi connectivity index (χ4v) is 3.21. The highest BCUT2D eigenvalue weighted by molar-refractivity contribution is 5.78.